The number of hydrogen-bond acceptors (Lipinski definition) is 2. The maximum absolute atomic E-state index is 13.4. The van der Waals surface area contributed by atoms with Gasteiger partial charge in [-0.3, -0.25) is 4.79 Å². The molecule has 1 amide bonds. The fraction of sp³-hybridized carbons (Fsp3) is 0.160. The van der Waals surface area contributed by atoms with Crippen molar-refractivity contribution < 1.29 is 27.5 Å². The lowest BCUT2D eigenvalue weighted by Gasteiger charge is -2.13. The van der Waals surface area contributed by atoms with Crippen LogP contribution in [0.3, 0.4) is 0 Å². The van der Waals surface area contributed by atoms with Crippen molar-refractivity contribution in [2.24, 2.45) is 0 Å². The third kappa shape index (κ3) is 4.61. The van der Waals surface area contributed by atoms with E-state index in [9.17, 15) is 27.5 Å². The van der Waals surface area contributed by atoms with Gasteiger partial charge < -0.3 is 15.0 Å². The zero-order chi connectivity index (χ0) is 23.8. The van der Waals surface area contributed by atoms with Gasteiger partial charge in [0.2, 0.25) is 0 Å². The molecule has 8 heteroatoms. The van der Waals surface area contributed by atoms with Crippen LogP contribution in [0.15, 0.2) is 66.7 Å². The standard InChI is InChI=1S/C25H20F4N2O2/c1-15-2-4-16(5-3-15)23-13-17-12-19(7-9-22(17)31(23)10-11-32)30-24(33)20-8-6-18(26)14-21(20)25(27,28)29/h2-9,12-14,32H,10-11H2,1H3,(H,30,33). The predicted octanol–water partition coefficient (Wildman–Crippen LogP) is 6.02. The second-order valence-corrected chi connectivity index (χ2v) is 7.69. The number of alkyl halides is 3. The highest BCUT2D eigenvalue weighted by Crippen LogP contribution is 2.34. The summed E-state index contributed by atoms with van der Waals surface area (Å²) in [6, 6.07) is 16.7. The molecule has 170 valence electrons. The van der Waals surface area contributed by atoms with Gasteiger partial charge in [-0.25, -0.2) is 4.39 Å². The van der Waals surface area contributed by atoms with Crippen molar-refractivity contribution in [1.29, 1.82) is 0 Å². The van der Waals surface area contributed by atoms with Gasteiger partial charge in [0.1, 0.15) is 5.82 Å². The summed E-state index contributed by atoms with van der Waals surface area (Å²) in [5, 5.41) is 12.7. The Bertz CT molecular complexity index is 1320. The molecule has 2 N–H and O–H groups in total. The van der Waals surface area contributed by atoms with E-state index in [0.717, 1.165) is 39.9 Å². The molecule has 0 aliphatic rings. The highest BCUT2D eigenvalue weighted by Gasteiger charge is 2.35. The van der Waals surface area contributed by atoms with Crippen LogP contribution in [-0.4, -0.2) is 22.2 Å². The van der Waals surface area contributed by atoms with Crippen molar-refractivity contribution in [2.75, 3.05) is 11.9 Å². The Morgan fingerprint density at radius 1 is 1.00 bits per heavy atom. The topological polar surface area (TPSA) is 54.3 Å². The number of nitrogens with zero attached hydrogens (tertiary/aromatic N) is 1. The van der Waals surface area contributed by atoms with Crippen LogP contribution in [0.2, 0.25) is 0 Å². The Labute approximate surface area is 187 Å². The summed E-state index contributed by atoms with van der Waals surface area (Å²) in [6.45, 7) is 2.25. The number of carbonyl (C=O) groups is 1. The molecule has 4 aromatic rings. The number of benzene rings is 3. The third-order valence-electron chi connectivity index (χ3n) is 5.36. The Kier molecular flexibility index (Phi) is 5.95. The lowest BCUT2D eigenvalue weighted by Crippen LogP contribution is -2.19. The quantitative estimate of drug-likeness (QED) is 0.361. The lowest BCUT2D eigenvalue weighted by molar-refractivity contribution is -0.138. The molecule has 33 heavy (non-hydrogen) atoms. The number of nitrogens with one attached hydrogen (secondary N) is 1. The van der Waals surface area contributed by atoms with Crippen LogP contribution in [0.25, 0.3) is 22.2 Å². The molecule has 0 saturated heterocycles. The minimum atomic E-state index is -4.87. The van der Waals surface area contributed by atoms with Gasteiger partial charge in [0.25, 0.3) is 5.91 Å². The molecule has 4 nitrogen and oxygen atoms in total. The molecule has 0 saturated carbocycles. The highest BCUT2D eigenvalue weighted by molar-refractivity contribution is 6.06. The fourth-order valence-corrected chi connectivity index (χ4v) is 3.80. The number of hydrogen-bond donors (Lipinski definition) is 2. The van der Waals surface area contributed by atoms with Crippen LogP contribution in [0.4, 0.5) is 23.2 Å². The molecular formula is C25H20F4N2O2. The normalized spacial score (nSPS) is 11.7. The number of fused-ring (bicyclic) bond motifs is 1. The van der Waals surface area contributed by atoms with E-state index in [0.29, 0.717) is 18.3 Å². The van der Waals surface area contributed by atoms with Crippen LogP contribution in [0.1, 0.15) is 21.5 Å². The largest absolute Gasteiger partial charge is 0.417 e. The Balaban J connectivity index is 1.71. The summed E-state index contributed by atoms with van der Waals surface area (Å²) >= 11 is 0. The first kappa shape index (κ1) is 22.5. The van der Waals surface area contributed by atoms with E-state index in [1.54, 1.807) is 18.2 Å². The predicted molar refractivity (Wildman–Crippen MR) is 119 cm³/mol. The van der Waals surface area contributed by atoms with E-state index in [-0.39, 0.29) is 6.61 Å². The molecule has 0 aliphatic heterocycles. The fourth-order valence-electron chi connectivity index (χ4n) is 3.80. The second kappa shape index (κ2) is 8.71. The maximum atomic E-state index is 13.4. The zero-order valence-electron chi connectivity index (χ0n) is 17.6. The molecule has 0 atom stereocenters. The van der Waals surface area contributed by atoms with Crippen LogP contribution < -0.4 is 5.32 Å². The van der Waals surface area contributed by atoms with E-state index in [1.165, 1.54) is 0 Å². The molecule has 0 bridgehead atoms. The van der Waals surface area contributed by atoms with Gasteiger partial charge in [-0.05, 0) is 55.0 Å². The molecule has 1 aromatic heterocycles. The van der Waals surface area contributed by atoms with E-state index in [4.69, 9.17) is 0 Å². The van der Waals surface area contributed by atoms with Gasteiger partial charge in [-0.2, -0.15) is 13.2 Å². The zero-order valence-corrected chi connectivity index (χ0v) is 17.6. The number of aliphatic hydroxyl groups is 1. The van der Waals surface area contributed by atoms with Gasteiger partial charge in [0, 0.05) is 28.8 Å². The van der Waals surface area contributed by atoms with E-state index in [2.05, 4.69) is 5.32 Å². The van der Waals surface area contributed by atoms with Crippen molar-refractivity contribution in [1.82, 2.24) is 4.57 Å². The SMILES string of the molecule is Cc1ccc(-c2cc3cc(NC(=O)c4ccc(F)cc4C(F)(F)F)ccc3n2CCO)cc1. The molecule has 0 spiro atoms. The minimum Gasteiger partial charge on any atom is -0.395 e. The first-order valence-corrected chi connectivity index (χ1v) is 10.2. The number of anilines is 1. The van der Waals surface area contributed by atoms with Gasteiger partial charge in [-0.15, -0.1) is 0 Å². The van der Waals surface area contributed by atoms with Gasteiger partial charge in [0.05, 0.1) is 17.7 Å². The minimum absolute atomic E-state index is 0.0775. The van der Waals surface area contributed by atoms with Gasteiger partial charge >= 0.3 is 6.18 Å². The van der Waals surface area contributed by atoms with Crippen molar-refractivity contribution in [3.8, 4) is 11.3 Å². The first-order valence-electron chi connectivity index (χ1n) is 10.2. The summed E-state index contributed by atoms with van der Waals surface area (Å²) in [5.74, 6) is -2.07. The average molecular weight is 456 g/mol. The van der Waals surface area contributed by atoms with Crippen molar-refractivity contribution in [3.63, 3.8) is 0 Å². The Morgan fingerprint density at radius 2 is 1.73 bits per heavy atom. The number of amides is 1. The van der Waals surface area contributed by atoms with Crippen LogP contribution in [0, 0.1) is 12.7 Å². The maximum Gasteiger partial charge on any atom is 0.417 e. The third-order valence-corrected chi connectivity index (χ3v) is 5.36. The van der Waals surface area contributed by atoms with E-state index < -0.39 is 29.0 Å². The molecule has 0 unspecified atom stereocenters. The smallest absolute Gasteiger partial charge is 0.395 e. The molecule has 4 rings (SSSR count). The highest BCUT2D eigenvalue weighted by atomic mass is 19.4. The lowest BCUT2D eigenvalue weighted by atomic mass is 10.1. The molecule has 0 radical (unpaired) electrons. The summed E-state index contributed by atoms with van der Waals surface area (Å²) < 4.78 is 55.1. The van der Waals surface area contributed by atoms with Crippen molar-refractivity contribution in [2.45, 2.75) is 19.6 Å². The van der Waals surface area contributed by atoms with E-state index >= 15 is 0 Å². The van der Waals surface area contributed by atoms with Gasteiger partial charge in [-0.1, -0.05) is 29.8 Å². The molecular weight excluding hydrogens is 436 g/mol. The van der Waals surface area contributed by atoms with Crippen LogP contribution in [0.5, 0.6) is 0 Å². The second-order valence-electron chi connectivity index (χ2n) is 7.69. The molecule has 3 aromatic carbocycles. The summed E-state index contributed by atoms with van der Waals surface area (Å²) in [7, 11) is 0. The summed E-state index contributed by atoms with van der Waals surface area (Å²) in [4.78, 5) is 12.6. The molecule has 0 aliphatic carbocycles. The molecule has 0 fully saturated rings. The monoisotopic (exact) mass is 456 g/mol. The number of aromatic nitrogens is 1. The summed E-state index contributed by atoms with van der Waals surface area (Å²) in [5.41, 5.74) is 2.00. The average Bonchev–Trinajstić information content (AvgIpc) is 3.11. The Hall–Kier alpha value is -3.65. The Morgan fingerprint density at radius 3 is 2.39 bits per heavy atom. The number of carbonyl (C=O) groups excluding carboxylic acids is 1. The first-order chi connectivity index (χ1) is 15.7. The number of aryl methyl sites for hydroxylation is 1. The van der Waals surface area contributed by atoms with Crippen molar-refractivity contribution in [3.05, 3.63) is 89.2 Å². The number of rotatable bonds is 5. The van der Waals surface area contributed by atoms with Crippen molar-refractivity contribution >= 4 is 22.5 Å². The molecule has 1 heterocycles. The number of aliphatic hydroxyl groups excluding tert-OH is 1. The number of halogens is 4. The van der Waals surface area contributed by atoms with E-state index in [1.807, 2.05) is 41.8 Å². The van der Waals surface area contributed by atoms with Crippen LogP contribution >= 0.6 is 0 Å². The summed E-state index contributed by atoms with van der Waals surface area (Å²) in [6.07, 6.45) is -4.87. The van der Waals surface area contributed by atoms with Gasteiger partial charge in [0.15, 0.2) is 0 Å². The van der Waals surface area contributed by atoms with Crippen LogP contribution in [-0.2, 0) is 12.7 Å².